The molecule has 0 amide bonds. The average molecular weight is 174 g/mol. The summed E-state index contributed by atoms with van der Waals surface area (Å²) in [5.41, 5.74) is 0. The lowest BCUT2D eigenvalue weighted by Gasteiger charge is -2.12. The highest BCUT2D eigenvalue weighted by Gasteiger charge is 2.50. The summed E-state index contributed by atoms with van der Waals surface area (Å²) in [5.74, 6) is -6.87. The first-order valence-corrected chi connectivity index (χ1v) is 2.76. The summed E-state index contributed by atoms with van der Waals surface area (Å²) >= 11 is 0. The maximum atomic E-state index is 11.9. The molecule has 11 heavy (non-hydrogen) atoms. The van der Waals surface area contributed by atoms with Crippen LogP contribution in [-0.4, -0.2) is 24.9 Å². The van der Waals surface area contributed by atoms with Crippen molar-refractivity contribution in [3.8, 4) is 0 Å². The van der Waals surface area contributed by atoms with Crippen molar-refractivity contribution in [1.29, 1.82) is 0 Å². The van der Waals surface area contributed by atoms with Gasteiger partial charge in [0.25, 0.3) is 0 Å². The number of hydrogen-bond acceptors (Lipinski definition) is 2. The molecule has 0 aromatic heterocycles. The number of carbonyl (C=O) groups excluding carboxylic acids is 1. The first-order chi connectivity index (χ1) is 4.92. The zero-order chi connectivity index (χ0) is 9.07. The molecule has 0 N–H and O–H groups in total. The molecule has 0 aromatic rings. The number of hydrogen-bond donors (Lipinski definition) is 0. The van der Waals surface area contributed by atoms with Crippen LogP contribution in [-0.2, 0) is 9.53 Å². The highest BCUT2D eigenvalue weighted by Crippen LogP contribution is 2.23. The second kappa shape index (κ2) is 3.54. The summed E-state index contributed by atoms with van der Waals surface area (Å²) in [7, 11) is 0. The molecule has 0 atom stereocenters. The lowest BCUT2D eigenvalue weighted by atomic mass is 10.3. The van der Waals surface area contributed by atoms with Crippen LogP contribution >= 0.6 is 0 Å². The Morgan fingerprint density at radius 3 is 2.27 bits per heavy atom. The molecule has 0 saturated heterocycles. The minimum absolute atomic E-state index is 0.346. The van der Waals surface area contributed by atoms with Gasteiger partial charge < -0.3 is 4.74 Å². The van der Waals surface area contributed by atoms with Gasteiger partial charge in [0.05, 0.1) is 6.61 Å². The van der Waals surface area contributed by atoms with Crippen molar-refractivity contribution in [2.24, 2.45) is 0 Å². The van der Waals surface area contributed by atoms with Crippen molar-refractivity contribution in [2.45, 2.75) is 19.3 Å². The molecule has 66 valence electrons. The normalized spacial score (nSPS) is 11.8. The van der Waals surface area contributed by atoms with E-state index < -0.39 is 18.3 Å². The van der Waals surface area contributed by atoms with Crippen LogP contribution in [0.2, 0.25) is 0 Å². The number of alkyl halides is 4. The van der Waals surface area contributed by atoms with Crippen LogP contribution in [0.25, 0.3) is 0 Å². The van der Waals surface area contributed by atoms with Gasteiger partial charge in [-0.3, -0.25) is 0 Å². The van der Waals surface area contributed by atoms with E-state index in [0.717, 1.165) is 0 Å². The predicted octanol–water partition coefficient (Wildman–Crippen LogP) is 1.45. The maximum absolute atomic E-state index is 11.9. The molecule has 0 radical (unpaired) electrons. The number of halogens is 4. The van der Waals surface area contributed by atoms with Gasteiger partial charge in [0, 0.05) is 0 Å². The fourth-order valence-corrected chi connectivity index (χ4v) is 0.316. The summed E-state index contributed by atoms with van der Waals surface area (Å²) in [6.07, 6.45) is -4.01. The first-order valence-electron chi connectivity index (χ1n) is 2.76. The minimum atomic E-state index is -4.68. The second-order valence-corrected chi connectivity index (χ2v) is 1.64. The molecule has 0 bridgehead atoms. The number of carbonyl (C=O) groups is 1. The van der Waals surface area contributed by atoms with Gasteiger partial charge in [-0.15, -0.1) is 0 Å². The molecule has 0 spiro atoms. The zero-order valence-electron chi connectivity index (χ0n) is 5.61. The van der Waals surface area contributed by atoms with Crippen LogP contribution in [0, 0.1) is 0 Å². The molecule has 0 aliphatic carbocycles. The van der Waals surface area contributed by atoms with E-state index in [1.54, 1.807) is 0 Å². The molecule has 0 fully saturated rings. The van der Waals surface area contributed by atoms with Crippen molar-refractivity contribution >= 4 is 5.97 Å². The van der Waals surface area contributed by atoms with Gasteiger partial charge in [0.15, 0.2) is 0 Å². The monoisotopic (exact) mass is 174 g/mol. The predicted molar refractivity (Wildman–Crippen MR) is 27.6 cm³/mol. The molecular formula is C5H6F4O2. The summed E-state index contributed by atoms with van der Waals surface area (Å²) in [4.78, 5) is 10.1. The van der Waals surface area contributed by atoms with Crippen LogP contribution in [0.15, 0.2) is 0 Å². The van der Waals surface area contributed by atoms with Gasteiger partial charge in [0.2, 0.25) is 0 Å². The first kappa shape index (κ1) is 10.2. The van der Waals surface area contributed by atoms with E-state index in [4.69, 9.17) is 0 Å². The number of rotatable bonds is 3. The Balaban J connectivity index is 4.18. The van der Waals surface area contributed by atoms with E-state index in [1.165, 1.54) is 6.92 Å². The molecule has 6 heteroatoms. The van der Waals surface area contributed by atoms with E-state index in [-0.39, 0.29) is 6.61 Å². The van der Waals surface area contributed by atoms with Crippen LogP contribution in [0.5, 0.6) is 0 Å². The molecule has 0 heterocycles. The van der Waals surface area contributed by atoms with Gasteiger partial charge >= 0.3 is 18.3 Å². The van der Waals surface area contributed by atoms with E-state index in [1.807, 2.05) is 0 Å². The third-order valence-corrected chi connectivity index (χ3v) is 0.822. The van der Waals surface area contributed by atoms with Crippen molar-refractivity contribution < 1.29 is 27.1 Å². The SMILES string of the molecule is CCOC(=O)C(F)(F)C(F)F. The van der Waals surface area contributed by atoms with Crippen LogP contribution in [0.3, 0.4) is 0 Å². The van der Waals surface area contributed by atoms with Gasteiger partial charge in [-0.1, -0.05) is 0 Å². The molecule has 0 aliphatic rings. The molecule has 0 unspecified atom stereocenters. The molecule has 0 aromatic carbocycles. The van der Waals surface area contributed by atoms with Gasteiger partial charge in [-0.25, -0.2) is 13.6 Å². The minimum Gasteiger partial charge on any atom is -0.461 e. The van der Waals surface area contributed by atoms with Crippen molar-refractivity contribution in [3.63, 3.8) is 0 Å². The lowest BCUT2D eigenvalue weighted by molar-refractivity contribution is -0.193. The summed E-state index contributed by atoms with van der Waals surface area (Å²) < 4.78 is 50.2. The van der Waals surface area contributed by atoms with Crippen molar-refractivity contribution in [3.05, 3.63) is 0 Å². The number of esters is 1. The Morgan fingerprint density at radius 1 is 1.55 bits per heavy atom. The summed E-state index contributed by atoms with van der Waals surface area (Å²) in [6.45, 7) is 0.903. The zero-order valence-corrected chi connectivity index (χ0v) is 5.61. The molecule has 0 aliphatic heterocycles. The lowest BCUT2D eigenvalue weighted by Crippen LogP contribution is -2.37. The quantitative estimate of drug-likeness (QED) is 0.478. The van der Waals surface area contributed by atoms with E-state index in [0.29, 0.717) is 0 Å². The summed E-state index contributed by atoms with van der Waals surface area (Å²) in [6, 6.07) is 0. The number of ether oxygens (including phenoxy) is 1. The Hall–Kier alpha value is -0.810. The van der Waals surface area contributed by atoms with Crippen LogP contribution in [0.1, 0.15) is 6.92 Å². The Bertz CT molecular complexity index is 145. The Labute approximate surface area is 60.1 Å². The smallest absolute Gasteiger partial charge is 0.401 e. The van der Waals surface area contributed by atoms with Gasteiger partial charge in [-0.05, 0) is 6.92 Å². The van der Waals surface area contributed by atoms with Gasteiger partial charge in [-0.2, -0.15) is 8.78 Å². The maximum Gasteiger partial charge on any atom is 0.401 e. The second-order valence-electron chi connectivity index (χ2n) is 1.64. The average Bonchev–Trinajstić information content (AvgIpc) is 1.88. The molecule has 0 saturated carbocycles. The topological polar surface area (TPSA) is 26.3 Å². The standard InChI is InChI=1S/C5H6F4O2/c1-2-11-4(10)5(8,9)3(6)7/h3H,2H2,1H3. The van der Waals surface area contributed by atoms with Crippen LogP contribution < -0.4 is 0 Å². The largest absolute Gasteiger partial charge is 0.461 e. The van der Waals surface area contributed by atoms with Crippen molar-refractivity contribution in [1.82, 2.24) is 0 Å². The van der Waals surface area contributed by atoms with Crippen LogP contribution in [0.4, 0.5) is 17.6 Å². The summed E-state index contributed by atoms with van der Waals surface area (Å²) in [5, 5.41) is 0. The highest BCUT2D eigenvalue weighted by molar-refractivity contribution is 5.77. The van der Waals surface area contributed by atoms with Gasteiger partial charge in [0.1, 0.15) is 0 Å². The third-order valence-electron chi connectivity index (χ3n) is 0.822. The van der Waals surface area contributed by atoms with Crippen molar-refractivity contribution in [2.75, 3.05) is 6.61 Å². The fraction of sp³-hybridized carbons (Fsp3) is 0.800. The fourth-order valence-electron chi connectivity index (χ4n) is 0.316. The Morgan fingerprint density at radius 2 is 2.00 bits per heavy atom. The van der Waals surface area contributed by atoms with E-state index in [2.05, 4.69) is 4.74 Å². The van der Waals surface area contributed by atoms with E-state index >= 15 is 0 Å². The highest BCUT2D eigenvalue weighted by atomic mass is 19.3. The molecule has 2 nitrogen and oxygen atoms in total. The molecular weight excluding hydrogens is 168 g/mol. The van der Waals surface area contributed by atoms with E-state index in [9.17, 15) is 22.4 Å². The molecule has 0 rings (SSSR count). The Kier molecular flexibility index (Phi) is 3.28. The third kappa shape index (κ3) is 2.36.